The van der Waals surface area contributed by atoms with E-state index >= 15 is 0 Å². The fourth-order valence-electron chi connectivity index (χ4n) is 2.12. The molecule has 5 heteroatoms. The second-order valence-corrected chi connectivity index (χ2v) is 5.14. The van der Waals surface area contributed by atoms with Gasteiger partial charge in [0.15, 0.2) is 0 Å². The van der Waals surface area contributed by atoms with E-state index in [-0.39, 0.29) is 5.91 Å². The van der Waals surface area contributed by atoms with Crippen LogP contribution in [0.4, 0.5) is 5.69 Å². The van der Waals surface area contributed by atoms with Crippen molar-refractivity contribution in [2.45, 2.75) is 38.8 Å². The SMILES string of the molecule is CCCC[C@H](N)C(=O)Nc1cccc(Cn2cccn2)c1. The highest BCUT2D eigenvalue weighted by molar-refractivity contribution is 5.94. The molecule has 0 fully saturated rings. The van der Waals surface area contributed by atoms with Crippen LogP contribution in [0, 0.1) is 0 Å². The van der Waals surface area contributed by atoms with Crippen molar-refractivity contribution in [1.82, 2.24) is 9.78 Å². The van der Waals surface area contributed by atoms with Crippen LogP contribution in [0.1, 0.15) is 31.7 Å². The van der Waals surface area contributed by atoms with Gasteiger partial charge in [-0.25, -0.2) is 0 Å². The van der Waals surface area contributed by atoms with E-state index in [2.05, 4.69) is 17.3 Å². The van der Waals surface area contributed by atoms with E-state index in [4.69, 9.17) is 5.73 Å². The van der Waals surface area contributed by atoms with Crippen LogP contribution in [-0.4, -0.2) is 21.7 Å². The molecule has 0 saturated heterocycles. The second-order valence-electron chi connectivity index (χ2n) is 5.14. The molecule has 112 valence electrons. The third-order valence-electron chi connectivity index (χ3n) is 3.30. The van der Waals surface area contributed by atoms with Gasteiger partial charge in [-0.05, 0) is 30.2 Å². The van der Waals surface area contributed by atoms with Gasteiger partial charge in [-0.3, -0.25) is 9.48 Å². The Bertz CT molecular complexity index is 565. The largest absolute Gasteiger partial charge is 0.325 e. The highest BCUT2D eigenvalue weighted by Gasteiger charge is 2.12. The number of hydrogen-bond donors (Lipinski definition) is 2. The smallest absolute Gasteiger partial charge is 0.241 e. The summed E-state index contributed by atoms with van der Waals surface area (Å²) in [4.78, 5) is 12.0. The Labute approximate surface area is 125 Å². The first kappa shape index (κ1) is 15.3. The summed E-state index contributed by atoms with van der Waals surface area (Å²) in [6.07, 6.45) is 6.38. The molecule has 0 aliphatic heterocycles. The Morgan fingerprint density at radius 3 is 3.00 bits per heavy atom. The van der Waals surface area contributed by atoms with Gasteiger partial charge in [-0.2, -0.15) is 5.10 Å². The molecular formula is C16H22N4O. The van der Waals surface area contributed by atoms with Crippen LogP contribution in [0.15, 0.2) is 42.7 Å². The quantitative estimate of drug-likeness (QED) is 0.820. The molecule has 3 N–H and O–H groups in total. The number of nitrogens with one attached hydrogen (secondary N) is 1. The van der Waals surface area contributed by atoms with Crippen LogP contribution < -0.4 is 11.1 Å². The van der Waals surface area contributed by atoms with Crippen molar-refractivity contribution in [3.63, 3.8) is 0 Å². The van der Waals surface area contributed by atoms with E-state index in [1.807, 2.05) is 41.2 Å². The lowest BCUT2D eigenvalue weighted by atomic mass is 10.1. The first-order chi connectivity index (χ1) is 10.2. The Balaban J connectivity index is 1.96. The van der Waals surface area contributed by atoms with E-state index in [0.717, 1.165) is 30.5 Å². The van der Waals surface area contributed by atoms with Crippen molar-refractivity contribution in [2.75, 3.05) is 5.32 Å². The number of hydrogen-bond acceptors (Lipinski definition) is 3. The van der Waals surface area contributed by atoms with E-state index < -0.39 is 6.04 Å². The lowest BCUT2D eigenvalue weighted by Gasteiger charge is -2.12. The van der Waals surface area contributed by atoms with Crippen LogP contribution in [0.3, 0.4) is 0 Å². The summed E-state index contributed by atoms with van der Waals surface area (Å²) in [5.74, 6) is -0.125. The molecule has 1 atom stereocenters. The highest BCUT2D eigenvalue weighted by Crippen LogP contribution is 2.12. The number of unbranched alkanes of at least 4 members (excludes halogenated alkanes) is 1. The van der Waals surface area contributed by atoms with Crippen LogP contribution in [0.5, 0.6) is 0 Å². The molecule has 21 heavy (non-hydrogen) atoms. The molecular weight excluding hydrogens is 264 g/mol. The van der Waals surface area contributed by atoms with E-state index in [9.17, 15) is 4.79 Å². The minimum atomic E-state index is -0.445. The fourth-order valence-corrected chi connectivity index (χ4v) is 2.12. The molecule has 0 radical (unpaired) electrons. The summed E-state index contributed by atoms with van der Waals surface area (Å²) >= 11 is 0. The van der Waals surface area contributed by atoms with Gasteiger partial charge in [-0.15, -0.1) is 0 Å². The number of anilines is 1. The van der Waals surface area contributed by atoms with Gasteiger partial charge < -0.3 is 11.1 Å². The zero-order valence-corrected chi connectivity index (χ0v) is 12.3. The predicted molar refractivity (Wildman–Crippen MR) is 83.9 cm³/mol. The molecule has 0 spiro atoms. The molecule has 1 heterocycles. The minimum Gasteiger partial charge on any atom is -0.325 e. The molecule has 1 amide bonds. The number of carbonyl (C=O) groups is 1. The zero-order chi connectivity index (χ0) is 15.1. The van der Waals surface area contributed by atoms with Gasteiger partial charge in [0.1, 0.15) is 0 Å². The van der Waals surface area contributed by atoms with E-state index in [0.29, 0.717) is 6.54 Å². The standard InChI is InChI=1S/C16H22N4O/c1-2-3-8-15(17)16(21)19-14-7-4-6-13(11-14)12-20-10-5-9-18-20/h4-7,9-11,15H,2-3,8,12,17H2,1H3,(H,19,21)/t15-/m0/s1. The van der Waals surface area contributed by atoms with Gasteiger partial charge in [0.25, 0.3) is 0 Å². The normalized spacial score (nSPS) is 12.1. The van der Waals surface area contributed by atoms with E-state index in [1.54, 1.807) is 6.20 Å². The summed E-state index contributed by atoms with van der Waals surface area (Å²) < 4.78 is 1.84. The van der Waals surface area contributed by atoms with E-state index in [1.165, 1.54) is 0 Å². The fraction of sp³-hybridized carbons (Fsp3) is 0.375. The van der Waals surface area contributed by atoms with Crippen LogP contribution in [-0.2, 0) is 11.3 Å². The summed E-state index contributed by atoms with van der Waals surface area (Å²) in [5.41, 5.74) is 7.73. The lowest BCUT2D eigenvalue weighted by Crippen LogP contribution is -2.35. The maximum absolute atomic E-state index is 12.0. The van der Waals surface area contributed by atoms with Gasteiger partial charge in [0.2, 0.25) is 5.91 Å². The average Bonchev–Trinajstić information content (AvgIpc) is 2.98. The van der Waals surface area contributed by atoms with Crippen molar-refractivity contribution in [1.29, 1.82) is 0 Å². The number of rotatable bonds is 7. The van der Waals surface area contributed by atoms with Gasteiger partial charge >= 0.3 is 0 Å². The molecule has 0 unspecified atom stereocenters. The van der Waals surface area contributed by atoms with Gasteiger partial charge in [-0.1, -0.05) is 31.9 Å². The molecule has 1 aromatic heterocycles. The lowest BCUT2D eigenvalue weighted by molar-refractivity contribution is -0.117. The van der Waals surface area contributed by atoms with Gasteiger partial charge in [0.05, 0.1) is 12.6 Å². The third kappa shape index (κ3) is 4.72. The number of amides is 1. The maximum atomic E-state index is 12.0. The van der Waals surface area contributed by atoms with Crippen molar-refractivity contribution in [3.8, 4) is 0 Å². The topological polar surface area (TPSA) is 72.9 Å². The summed E-state index contributed by atoms with van der Waals surface area (Å²) in [6.45, 7) is 2.77. The minimum absolute atomic E-state index is 0.125. The van der Waals surface area contributed by atoms with Crippen molar-refractivity contribution >= 4 is 11.6 Å². The number of nitrogens with zero attached hydrogens (tertiary/aromatic N) is 2. The maximum Gasteiger partial charge on any atom is 0.241 e. The first-order valence-electron chi connectivity index (χ1n) is 7.32. The van der Waals surface area contributed by atoms with Gasteiger partial charge in [0, 0.05) is 18.1 Å². The Morgan fingerprint density at radius 2 is 2.29 bits per heavy atom. The highest BCUT2D eigenvalue weighted by atomic mass is 16.2. The monoisotopic (exact) mass is 286 g/mol. The third-order valence-corrected chi connectivity index (χ3v) is 3.30. The zero-order valence-electron chi connectivity index (χ0n) is 12.3. The molecule has 0 aliphatic carbocycles. The molecule has 2 aromatic rings. The molecule has 5 nitrogen and oxygen atoms in total. The summed E-state index contributed by atoms with van der Waals surface area (Å²) in [6, 6.07) is 9.20. The van der Waals surface area contributed by atoms with Crippen LogP contribution in [0.25, 0.3) is 0 Å². The molecule has 0 saturated carbocycles. The molecule has 2 rings (SSSR count). The summed E-state index contributed by atoms with van der Waals surface area (Å²) in [5, 5.41) is 7.05. The molecule has 1 aromatic carbocycles. The predicted octanol–water partition coefficient (Wildman–Crippen LogP) is 2.39. The number of aromatic nitrogens is 2. The summed E-state index contributed by atoms with van der Waals surface area (Å²) in [7, 11) is 0. The van der Waals surface area contributed by atoms with Crippen molar-refractivity contribution in [3.05, 3.63) is 48.3 Å². The Kier molecular flexibility index (Phi) is 5.51. The average molecular weight is 286 g/mol. The second kappa shape index (κ2) is 7.59. The number of nitrogens with two attached hydrogens (primary N) is 1. The molecule has 0 bridgehead atoms. The number of benzene rings is 1. The Morgan fingerprint density at radius 1 is 1.43 bits per heavy atom. The Hall–Kier alpha value is -2.14. The van der Waals surface area contributed by atoms with Crippen LogP contribution >= 0.6 is 0 Å². The van der Waals surface area contributed by atoms with Crippen molar-refractivity contribution in [2.24, 2.45) is 5.73 Å². The first-order valence-corrected chi connectivity index (χ1v) is 7.32. The van der Waals surface area contributed by atoms with Crippen LogP contribution in [0.2, 0.25) is 0 Å². The number of carbonyl (C=O) groups excluding carboxylic acids is 1. The molecule has 0 aliphatic rings. The van der Waals surface area contributed by atoms with Crippen molar-refractivity contribution < 1.29 is 4.79 Å².